The van der Waals surface area contributed by atoms with E-state index in [2.05, 4.69) is 44.5 Å². The monoisotopic (exact) mass is 291 g/mol. The molecule has 1 aliphatic heterocycles. The molecule has 0 saturated heterocycles. The van der Waals surface area contributed by atoms with Crippen LogP contribution in [0.25, 0.3) is 0 Å². The van der Waals surface area contributed by atoms with Gasteiger partial charge in [-0.2, -0.15) is 16.4 Å². The summed E-state index contributed by atoms with van der Waals surface area (Å²) in [6, 6.07) is 4.34. The van der Waals surface area contributed by atoms with E-state index in [0.717, 1.165) is 39.4 Å². The fourth-order valence-electron chi connectivity index (χ4n) is 2.77. The van der Waals surface area contributed by atoms with Crippen LogP contribution in [0.1, 0.15) is 18.2 Å². The lowest BCUT2D eigenvalue weighted by Crippen LogP contribution is -2.30. The van der Waals surface area contributed by atoms with Crippen molar-refractivity contribution in [1.82, 2.24) is 14.7 Å². The summed E-state index contributed by atoms with van der Waals surface area (Å²) >= 11 is 1.77. The highest BCUT2D eigenvalue weighted by Crippen LogP contribution is 2.19. The lowest BCUT2D eigenvalue weighted by Gasteiger charge is -2.23. The number of fused-ring (bicyclic) bond motifs is 1. The summed E-state index contributed by atoms with van der Waals surface area (Å²) in [6.45, 7) is 7.67. The van der Waals surface area contributed by atoms with Crippen molar-refractivity contribution < 1.29 is 4.74 Å². The van der Waals surface area contributed by atoms with Crippen LogP contribution in [0.2, 0.25) is 0 Å². The molecule has 0 N–H and O–H groups in total. The molecule has 108 valence electrons. The lowest BCUT2D eigenvalue weighted by molar-refractivity contribution is 0.0841. The van der Waals surface area contributed by atoms with E-state index >= 15 is 0 Å². The molecule has 4 nitrogen and oxygen atoms in total. The second-order valence-electron chi connectivity index (χ2n) is 5.33. The van der Waals surface area contributed by atoms with Gasteiger partial charge in [-0.1, -0.05) is 0 Å². The predicted molar refractivity (Wildman–Crippen MR) is 80.6 cm³/mol. The summed E-state index contributed by atoms with van der Waals surface area (Å²) in [5.41, 5.74) is 2.71. The summed E-state index contributed by atoms with van der Waals surface area (Å²) in [4.78, 5) is 2.51. The molecular weight excluding hydrogens is 270 g/mol. The summed E-state index contributed by atoms with van der Waals surface area (Å²) < 4.78 is 7.77. The fraction of sp³-hybridized carbons (Fsp3) is 0.533. The van der Waals surface area contributed by atoms with E-state index in [9.17, 15) is 0 Å². The highest BCUT2D eigenvalue weighted by Gasteiger charge is 2.22. The van der Waals surface area contributed by atoms with Gasteiger partial charge in [0, 0.05) is 44.9 Å². The third-order valence-electron chi connectivity index (χ3n) is 3.68. The van der Waals surface area contributed by atoms with Gasteiger partial charge in [-0.25, -0.2) is 0 Å². The molecule has 2 aromatic rings. The van der Waals surface area contributed by atoms with Crippen LogP contribution in [0.3, 0.4) is 0 Å². The first-order chi connectivity index (χ1) is 9.85. The highest BCUT2D eigenvalue weighted by atomic mass is 32.1. The van der Waals surface area contributed by atoms with Crippen molar-refractivity contribution in [2.45, 2.75) is 26.6 Å². The molecule has 2 aromatic heterocycles. The molecule has 0 aliphatic carbocycles. The molecule has 1 atom stereocenters. The highest BCUT2D eigenvalue weighted by molar-refractivity contribution is 7.07. The van der Waals surface area contributed by atoms with Crippen LogP contribution in [0.5, 0.6) is 0 Å². The first kappa shape index (κ1) is 13.8. The van der Waals surface area contributed by atoms with Crippen LogP contribution in [-0.4, -0.2) is 34.4 Å². The Balaban J connectivity index is 1.73. The van der Waals surface area contributed by atoms with Gasteiger partial charge in [-0.15, -0.1) is 0 Å². The summed E-state index contributed by atoms with van der Waals surface area (Å²) in [5.74, 6) is 0.509. The first-order valence-electron chi connectivity index (χ1n) is 7.17. The van der Waals surface area contributed by atoms with Gasteiger partial charge in [0.05, 0.1) is 12.3 Å². The zero-order valence-electron chi connectivity index (χ0n) is 11.9. The summed E-state index contributed by atoms with van der Waals surface area (Å²) in [5, 5.41) is 8.83. The second-order valence-corrected chi connectivity index (χ2v) is 6.11. The van der Waals surface area contributed by atoms with Gasteiger partial charge in [0.15, 0.2) is 0 Å². The Labute approximate surface area is 124 Å². The number of hydrogen-bond acceptors (Lipinski definition) is 4. The van der Waals surface area contributed by atoms with Crippen molar-refractivity contribution in [3.05, 3.63) is 40.3 Å². The SMILES string of the molecule is CCOC[C@H]1CN(Cc2ccsc2)Cc2ccnn2C1. The van der Waals surface area contributed by atoms with Crippen LogP contribution >= 0.6 is 11.3 Å². The molecular formula is C15H21N3OS. The van der Waals surface area contributed by atoms with E-state index in [1.165, 1.54) is 11.3 Å². The maximum atomic E-state index is 5.64. The van der Waals surface area contributed by atoms with Crippen LogP contribution < -0.4 is 0 Å². The molecule has 1 aliphatic rings. The Hall–Kier alpha value is -1.17. The molecule has 0 aromatic carbocycles. The van der Waals surface area contributed by atoms with Crippen LogP contribution in [-0.2, 0) is 24.4 Å². The van der Waals surface area contributed by atoms with E-state index in [0.29, 0.717) is 5.92 Å². The average Bonchev–Trinajstić information content (AvgIpc) is 3.06. The predicted octanol–water partition coefficient (Wildman–Crippen LogP) is 2.61. The minimum Gasteiger partial charge on any atom is -0.381 e. The van der Waals surface area contributed by atoms with Gasteiger partial charge in [0.1, 0.15) is 0 Å². The normalized spacial score (nSPS) is 19.8. The molecule has 20 heavy (non-hydrogen) atoms. The smallest absolute Gasteiger partial charge is 0.0524 e. The van der Waals surface area contributed by atoms with Crippen LogP contribution in [0.4, 0.5) is 0 Å². The number of rotatable bonds is 5. The number of thiophene rings is 1. The molecule has 0 amide bonds. The number of hydrogen-bond donors (Lipinski definition) is 0. The molecule has 0 fully saturated rings. The third-order valence-corrected chi connectivity index (χ3v) is 4.41. The van der Waals surface area contributed by atoms with Gasteiger partial charge in [-0.3, -0.25) is 9.58 Å². The van der Waals surface area contributed by atoms with E-state index in [4.69, 9.17) is 4.74 Å². The van der Waals surface area contributed by atoms with E-state index in [-0.39, 0.29) is 0 Å². The maximum absolute atomic E-state index is 5.64. The van der Waals surface area contributed by atoms with Gasteiger partial charge in [-0.05, 0) is 35.4 Å². The van der Waals surface area contributed by atoms with Crippen molar-refractivity contribution in [2.24, 2.45) is 5.92 Å². The minimum atomic E-state index is 0.509. The molecule has 0 bridgehead atoms. The first-order valence-corrected chi connectivity index (χ1v) is 8.11. The Bertz CT molecular complexity index is 523. The van der Waals surface area contributed by atoms with Crippen molar-refractivity contribution >= 4 is 11.3 Å². The zero-order chi connectivity index (χ0) is 13.8. The molecule has 3 rings (SSSR count). The molecule has 0 unspecified atom stereocenters. The van der Waals surface area contributed by atoms with Crippen molar-refractivity contribution in [1.29, 1.82) is 0 Å². The zero-order valence-corrected chi connectivity index (χ0v) is 12.7. The van der Waals surface area contributed by atoms with Gasteiger partial charge >= 0.3 is 0 Å². The molecule has 3 heterocycles. The van der Waals surface area contributed by atoms with Gasteiger partial charge < -0.3 is 4.74 Å². The lowest BCUT2D eigenvalue weighted by atomic mass is 10.1. The van der Waals surface area contributed by atoms with E-state index < -0.39 is 0 Å². The Kier molecular flexibility index (Phi) is 4.50. The van der Waals surface area contributed by atoms with Crippen LogP contribution in [0, 0.1) is 5.92 Å². The molecule has 0 radical (unpaired) electrons. The van der Waals surface area contributed by atoms with Crippen molar-refractivity contribution in [3.8, 4) is 0 Å². The maximum Gasteiger partial charge on any atom is 0.0524 e. The largest absolute Gasteiger partial charge is 0.381 e. The standard InChI is InChI=1S/C15H21N3OS/c1-2-19-11-14-8-17(7-13-4-6-20-12-13)10-15-3-5-16-18(15)9-14/h3-6,12,14H,2,7-11H2,1H3/t14-/m0/s1. The minimum absolute atomic E-state index is 0.509. The number of aromatic nitrogens is 2. The molecule has 0 spiro atoms. The summed E-state index contributed by atoms with van der Waals surface area (Å²) in [6.07, 6.45) is 1.90. The summed E-state index contributed by atoms with van der Waals surface area (Å²) in [7, 11) is 0. The van der Waals surface area contributed by atoms with Crippen molar-refractivity contribution in [3.63, 3.8) is 0 Å². The average molecular weight is 291 g/mol. The Morgan fingerprint density at radius 1 is 1.40 bits per heavy atom. The Morgan fingerprint density at radius 2 is 2.35 bits per heavy atom. The van der Waals surface area contributed by atoms with Crippen LogP contribution in [0.15, 0.2) is 29.1 Å². The third kappa shape index (κ3) is 3.29. The second kappa shape index (κ2) is 6.52. The number of nitrogens with zero attached hydrogens (tertiary/aromatic N) is 3. The fourth-order valence-corrected chi connectivity index (χ4v) is 3.43. The quantitative estimate of drug-likeness (QED) is 0.848. The van der Waals surface area contributed by atoms with Gasteiger partial charge in [0.2, 0.25) is 0 Å². The van der Waals surface area contributed by atoms with Gasteiger partial charge in [0.25, 0.3) is 0 Å². The molecule has 5 heteroatoms. The topological polar surface area (TPSA) is 30.3 Å². The Morgan fingerprint density at radius 3 is 3.15 bits per heavy atom. The number of ether oxygens (including phenoxy) is 1. The van der Waals surface area contributed by atoms with E-state index in [1.54, 1.807) is 11.3 Å². The molecule has 0 saturated carbocycles. The van der Waals surface area contributed by atoms with Crippen molar-refractivity contribution in [2.75, 3.05) is 19.8 Å². The van der Waals surface area contributed by atoms with E-state index in [1.807, 2.05) is 6.20 Å².